The van der Waals surface area contributed by atoms with Crippen LogP contribution in [0, 0.1) is 12.8 Å². The number of aliphatic carboxylic acids is 1. The van der Waals surface area contributed by atoms with Gasteiger partial charge in [0.25, 0.3) is 5.91 Å². The number of benzene rings is 1. The summed E-state index contributed by atoms with van der Waals surface area (Å²) in [7, 11) is 0. The van der Waals surface area contributed by atoms with Crippen molar-refractivity contribution in [3.8, 4) is 5.75 Å². The first-order chi connectivity index (χ1) is 12.1. The van der Waals surface area contributed by atoms with Crippen LogP contribution in [0.4, 0.5) is 0 Å². The largest absolute Gasteiger partial charge is 0.481 e. The van der Waals surface area contributed by atoms with Crippen molar-refractivity contribution in [2.75, 3.05) is 6.54 Å². The van der Waals surface area contributed by atoms with E-state index in [4.69, 9.17) is 21.4 Å². The number of hydrogen-bond donors (Lipinski definition) is 3. The number of aryl methyl sites for hydroxylation is 1. The summed E-state index contributed by atoms with van der Waals surface area (Å²) in [5.74, 6) is -1.55. The fourth-order valence-corrected chi connectivity index (χ4v) is 2.32. The third kappa shape index (κ3) is 7.31. The number of amides is 2. The van der Waals surface area contributed by atoms with Gasteiger partial charge in [0.05, 0.1) is 6.54 Å². The third-order valence-electron chi connectivity index (χ3n) is 3.58. The Hall–Kier alpha value is -2.28. The Balaban J connectivity index is 2.49. The summed E-state index contributed by atoms with van der Waals surface area (Å²) < 4.78 is 5.52. The topological polar surface area (TPSA) is 105 Å². The smallest absolute Gasteiger partial charge is 0.326 e. The minimum Gasteiger partial charge on any atom is -0.481 e. The van der Waals surface area contributed by atoms with Crippen LogP contribution < -0.4 is 15.4 Å². The van der Waals surface area contributed by atoms with Crippen LogP contribution in [-0.4, -0.2) is 41.6 Å². The number of rotatable bonds is 9. The van der Waals surface area contributed by atoms with Crippen LogP contribution in [0.3, 0.4) is 0 Å². The van der Waals surface area contributed by atoms with Crippen LogP contribution in [0.1, 0.15) is 32.8 Å². The predicted molar refractivity (Wildman–Crippen MR) is 98.3 cm³/mol. The molecule has 8 heteroatoms. The summed E-state index contributed by atoms with van der Waals surface area (Å²) in [6.07, 6.45) is -0.515. The van der Waals surface area contributed by atoms with Crippen molar-refractivity contribution in [3.63, 3.8) is 0 Å². The maximum absolute atomic E-state index is 12.0. The Labute approximate surface area is 158 Å². The molecule has 144 valence electrons. The Morgan fingerprint density at radius 2 is 1.88 bits per heavy atom. The first kappa shape index (κ1) is 21.8. The van der Waals surface area contributed by atoms with Gasteiger partial charge in [-0.1, -0.05) is 25.4 Å². The van der Waals surface area contributed by atoms with E-state index in [0.29, 0.717) is 17.2 Å². The monoisotopic (exact) mass is 384 g/mol. The highest BCUT2D eigenvalue weighted by Gasteiger charge is 2.22. The maximum Gasteiger partial charge on any atom is 0.326 e. The number of ether oxygens (including phenoxy) is 1. The molecule has 2 atom stereocenters. The molecular weight excluding hydrogens is 360 g/mol. The number of halogens is 1. The van der Waals surface area contributed by atoms with E-state index < -0.39 is 29.9 Å². The van der Waals surface area contributed by atoms with E-state index in [1.54, 1.807) is 25.1 Å². The summed E-state index contributed by atoms with van der Waals surface area (Å²) in [5, 5.41) is 14.5. The molecule has 2 amide bonds. The molecular formula is C18H25ClN2O5. The molecule has 0 saturated heterocycles. The summed E-state index contributed by atoms with van der Waals surface area (Å²) in [4.78, 5) is 35.0. The lowest BCUT2D eigenvalue weighted by atomic mass is 10.0. The quantitative estimate of drug-likeness (QED) is 0.605. The van der Waals surface area contributed by atoms with Crippen LogP contribution in [0.15, 0.2) is 18.2 Å². The van der Waals surface area contributed by atoms with Crippen molar-refractivity contribution in [2.24, 2.45) is 5.92 Å². The van der Waals surface area contributed by atoms with Gasteiger partial charge in [-0.05, 0) is 49.9 Å². The molecule has 1 aromatic rings. The molecule has 0 bridgehead atoms. The highest BCUT2D eigenvalue weighted by atomic mass is 35.5. The van der Waals surface area contributed by atoms with Crippen LogP contribution in [-0.2, 0) is 14.4 Å². The Morgan fingerprint density at radius 3 is 2.42 bits per heavy atom. The summed E-state index contributed by atoms with van der Waals surface area (Å²) in [6, 6.07) is 4.05. The summed E-state index contributed by atoms with van der Waals surface area (Å²) in [6.45, 7) is 6.77. The molecule has 0 aliphatic heterocycles. The van der Waals surface area contributed by atoms with Crippen molar-refractivity contribution in [1.82, 2.24) is 10.6 Å². The highest BCUT2D eigenvalue weighted by molar-refractivity contribution is 6.31. The van der Waals surface area contributed by atoms with Gasteiger partial charge in [-0.2, -0.15) is 0 Å². The predicted octanol–water partition coefficient (Wildman–Crippen LogP) is 2.15. The molecule has 0 aliphatic rings. The second-order valence-corrected chi connectivity index (χ2v) is 6.88. The van der Waals surface area contributed by atoms with Crippen molar-refractivity contribution >= 4 is 29.4 Å². The number of nitrogens with one attached hydrogen (secondary N) is 2. The van der Waals surface area contributed by atoms with Crippen molar-refractivity contribution in [1.29, 1.82) is 0 Å². The van der Waals surface area contributed by atoms with E-state index >= 15 is 0 Å². The molecule has 0 fully saturated rings. The molecule has 7 nitrogen and oxygen atoms in total. The van der Waals surface area contributed by atoms with E-state index in [1.165, 1.54) is 0 Å². The van der Waals surface area contributed by atoms with Gasteiger partial charge in [0.2, 0.25) is 5.91 Å². The van der Waals surface area contributed by atoms with Crippen LogP contribution >= 0.6 is 11.6 Å². The van der Waals surface area contributed by atoms with Gasteiger partial charge < -0.3 is 20.5 Å². The number of carboxylic acid groups (broad SMARTS) is 1. The Kier molecular flexibility index (Phi) is 8.38. The number of carbonyl (C=O) groups is 3. The highest BCUT2D eigenvalue weighted by Crippen LogP contribution is 2.21. The molecule has 1 unspecified atom stereocenters. The zero-order valence-electron chi connectivity index (χ0n) is 15.3. The van der Waals surface area contributed by atoms with E-state index in [-0.39, 0.29) is 12.5 Å². The summed E-state index contributed by atoms with van der Waals surface area (Å²) >= 11 is 5.94. The van der Waals surface area contributed by atoms with Crippen LogP contribution in [0.2, 0.25) is 5.02 Å². The molecule has 26 heavy (non-hydrogen) atoms. The average Bonchev–Trinajstić information content (AvgIpc) is 2.54. The van der Waals surface area contributed by atoms with Gasteiger partial charge in [0, 0.05) is 5.02 Å². The number of hydrogen-bond acceptors (Lipinski definition) is 4. The van der Waals surface area contributed by atoms with Crippen molar-refractivity contribution in [2.45, 2.75) is 46.3 Å². The minimum absolute atomic E-state index is 0.113. The standard InChI is InChI=1S/C18H25ClN2O5/c1-10(2)7-15(18(24)25)21-16(22)9-20-17(23)12(4)26-13-5-6-14(19)11(3)8-13/h5-6,8,10,12,15H,7,9H2,1-4H3,(H,20,23)(H,21,22)(H,24,25)/t12?,15-/m0/s1. The van der Waals surface area contributed by atoms with E-state index in [1.807, 2.05) is 20.8 Å². The molecule has 1 rings (SSSR count). The normalized spacial score (nSPS) is 13.0. The molecule has 0 aliphatic carbocycles. The second kappa shape index (κ2) is 10.0. The van der Waals surface area contributed by atoms with Gasteiger partial charge in [-0.15, -0.1) is 0 Å². The van der Waals surface area contributed by atoms with Gasteiger partial charge in [0.15, 0.2) is 6.10 Å². The molecule has 0 spiro atoms. The lowest BCUT2D eigenvalue weighted by Gasteiger charge is -2.18. The van der Waals surface area contributed by atoms with Gasteiger partial charge >= 0.3 is 5.97 Å². The van der Waals surface area contributed by atoms with Gasteiger partial charge in [0.1, 0.15) is 11.8 Å². The third-order valence-corrected chi connectivity index (χ3v) is 4.00. The van der Waals surface area contributed by atoms with Gasteiger partial charge in [-0.25, -0.2) is 4.79 Å². The van der Waals surface area contributed by atoms with E-state index in [0.717, 1.165) is 5.56 Å². The first-order valence-electron chi connectivity index (χ1n) is 8.32. The van der Waals surface area contributed by atoms with E-state index in [2.05, 4.69) is 10.6 Å². The first-order valence-corrected chi connectivity index (χ1v) is 8.70. The molecule has 0 heterocycles. The van der Waals surface area contributed by atoms with Crippen LogP contribution in [0.25, 0.3) is 0 Å². The average molecular weight is 385 g/mol. The lowest BCUT2D eigenvalue weighted by molar-refractivity contribution is -0.142. The molecule has 1 aromatic carbocycles. The zero-order valence-corrected chi connectivity index (χ0v) is 16.1. The number of carbonyl (C=O) groups excluding carboxylic acids is 2. The fourth-order valence-electron chi connectivity index (χ4n) is 2.20. The minimum atomic E-state index is -1.10. The van der Waals surface area contributed by atoms with E-state index in [9.17, 15) is 14.4 Å². The molecule has 3 N–H and O–H groups in total. The fraction of sp³-hybridized carbons (Fsp3) is 0.500. The number of carboxylic acids is 1. The lowest BCUT2D eigenvalue weighted by Crippen LogP contribution is -2.47. The molecule has 0 radical (unpaired) electrons. The second-order valence-electron chi connectivity index (χ2n) is 6.48. The Morgan fingerprint density at radius 1 is 1.23 bits per heavy atom. The SMILES string of the molecule is Cc1cc(OC(C)C(=O)NCC(=O)N[C@@H](CC(C)C)C(=O)O)ccc1Cl. The van der Waals surface area contributed by atoms with Crippen LogP contribution in [0.5, 0.6) is 5.75 Å². The van der Waals surface area contributed by atoms with Crippen molar-refractivity contribution in [3.05, 3.63) is 28.8 Å². The maximum atomic E-state index is 12.0. The van der Waals surface area contributed by atoms with Crippen molar-refractivity contribution < 1.29 is 24.2 Å². The summed E-state index contributed by atoms with van der Waals surface area (Å²) in [5.41, 5.74) is 0.820. The molecule has 0 saturated carbocycles. The van der Waals surface area contributed by atoms with Gasteiger partial charge in [-0.3, -0.25) is 9.59 Å². The molecule has 0 aromatic heterocycles. The zero-order chi connectivity index (χ0) is 19.9. The Bertz CT molecular complexity index is 663.